The number of methoxy groups -OCH3 is 1. The van der Waals surface area contributed by atoms with Crippen molar-refractivity contribution in [2.75, 3.05) is 19.0 Å². The Morgan fingerprint density at radius 1 is 1.07 bits per heavy atom. The Morgan fingerprint density at radius 2 is 1.89 bits per heavy atom. The molecule has 0 atom stereocenters. The van der Waals surface area contributed by atoms with Crippen molar-refractivity contribution in [3.05, 3.63) is 60.4 Å². The van der Waals surface area contributed by atoms with Crippen LogP contribution in [0.15, 0.2) is 64.3 Å². The van der Waals surface area contributed by atoms with Gasteiger partial charge in [-0.05, 0) is 31.2 Å². The minimum Gasteiger partial charge on any atom is -0.496 e. The molecule has 2 aromatic heterocycles. The quantitative estimate of drug-likeness (QED) is 0.350. The fourth-order valence-electron chi connectivity index (χ4n) is 2.92. The zero-order valence-corrected chi connectivity index (χ0v) is 16.5. The second-order valence-corrected chi connectivity index (χ2v) is 7.01. The number of para-hydroxylation sites is 2. The lowest BCUT2D eigenvalue weighted by Crippen LogP contribution is -2.02. The molecular weight excluding hydrogens is 372 g/mol. The van der Waals surface area contributed by atoms with Crippen LogP contribution in [-0.4, -0.2) is 28.8 Å². The van der Waals surface area contributed by atoms with Crippen LogP contribution in [0.1, 0.15) is 12.7 Å². The maximum Gasteiger partial charge on any atom is 0.190 e. The Kier molecular flexibility index (Phi) is 5.43. The molecule has 1 N–H and O–H groups in total. The van der Waals surface area contributed by atoms with Crippen LogP contribution in [0.4, 0.5) is 5.82 Å². The molecule has 0 saturated heterocycles. The summed E-state index contributed by atoms with van der Waals surface area (Å²) in [5.41, 5.74) is 2.57. The number of nitrogens with zero attached hydrogens (tertiary/aromatic N) is 3. The lowest BCUT2D eigenvalue weighted by atomic mass is 10.1. The monoisotopic (exact) mass is 392 g/mol. The number of benzene rings is 2. The highest BCUT2D eigenvalue weighted by Gasteiger charge is 2.13. The number of fused-ring (bicyclic) bond motifs is 1. The van der Waals surface area contributed by atoms with Gasteiger partial charge in [-0.1, -0.05) is 41.2 Å². The number of anilines is 1. The fourth-order valence-corrected chi connectivity index (χ4v) is 3.65. The number of hydrogen-bond acceptors (Lipinski definition) is 7. The third-order valence-corrected chi connectivity index (χ3v) is 5.08. The van der Waals surface area contributed by atoms with E-state index in [4.69, 9.17) is 9.26 Å². The molecule has 0 bridgehead atoms. The minimum absolute atomic E-state index is 0.589. The summed E-state index contributed by atoms with van der Waals surface area (Å²) in [5.74, 6) is 2.96. The normalized spacial score (nSPS) is 10.9. The predicted octanol–water partition coefficient (Wildman–Crippen LogP) is 5.02. The van der Waals surface area contributed by atoms with E-state index in [1.807, 2.05) is 54.6 Å². The molecule has 4 aromatic rings. The zero-order valence-electron chi connectivity index (χ0n) is 15.7. The van der Waals surface area contributed by atoms with E-state index in [1.165, 1.54) is 11.8 Å². The molecule has 0 aliphatic carbocycles. The molecule has 2 heterocycles. The van der Waals surface area contributed by atoms with Crippen molar-refractivity contribution in [3.63, 3.8) is 0 Å². The number of hydrogen-bond donors (Lipinski definition) is 1. The Balaban J connectivity index is 1.54. The standard InChI is InChI=1S/C21H20N4O2S/c1-3-22-20-16-9-4-6-10-17(16)23-21(24-20)28-13-14-12-18(25-27-14)15-8-5-7-11-19(15)26-2/h4-12H,3,13H2,1-2H3,(H,22,23,24). The minimum atomic E-state index is 0.589. The molecule has 0 saturated carbocycles. The topological polar surface area (TPSA) is 73.1 Å². The highest BCUT2D eigenvalue weighted by Crippen LogP contribution is 2.31. The van der Waals surface area contributed by atoms with E-state index in [9.17, 15) is 0 Å². The van der Waals surface area contributed by atoms with Gasteiger partial charge in [0.2, 0.25) is 0 Å². The smallest absolute Gasteiger partial charge is 0.190 e. The molecule has 2 aromatic carbocycles. The Morgan fingerprint density at radius 3 is 2.75 bits per heavy atom. The molecular formula is C21H20N4O2S. The van der Waals surface area contributed by atoms with E-state index >= 15 is 0 Å². The van der Waals surface area contributed by atoms with Crippen molar-refractivity contribution < 1.29 is 9.26 Å². The molecule has 0 aliphatic heterocycles. The molecule has 0 spiro atoms. The van der Waals surface area contributed by atoms with Crippen LogP contribution < -0.4 is 10.1 Å². The first kappa shape index (κ1) is 18.3. The van der Waals surface area contributed by atoms with Crippen molar-refractivity contribution in [2.45, 2.75) is 17.8 Å². The number of aromatic nitrogens is 3. The first-order valence-corrected chi connectivity index (χ1v) is 9.99. The summed E-state index contributed by atoms with van der Waals surface area (Å²) in [7, 11) is 1.65. The van der Waals surface area contributed by atoms with Gasteiger partial charge in [0.1, 0.15) is 23.0 Å². The summed E-state index contributed by atoms with van der Waals surface area (Å²) in [5, 5.41) is 9.22. The van der Waals surface area contributed by atoms with Crippen molar-refractivity contribution in [2.24, 2.45) is 0 Å². The van der Waals surface area contributed by atoms with Gasteiger partial charge in [-0.3, -0.25) is 0 Å². The van der Waals surface area contributed by atoms with Crippen molar-refractivity contribution in [1.82, 2.24) is 15.1 Å². The lowest BCUT2D eigenvalue weighted by Gasteiger charge is -2.08. The van der Waals surface area contributed by atoms with Crippen LogP contribution in [0.5, 0.6) is 5.75 Å². The van der Waals surface area contributed by atoms with Gasteiger partial charge in [-0.2, -0.15) is 0 Å². The third kappa shape index (κ3) is 3.80. The van der Waals surface area contributed by atoms with Gasteiger partial charge in [0.05, 0.1) is 18.4 Å². The highest BCUT2D eigenvalue weighted by atomic mass is 32.2. The molecule has 28 heavy (non-hydrogen) atoms. The predicted molar refractivity (Wildman–Crippen MR) is 112 cm³/mol. The fraction of sp³-hybridized carbons (Fsp3) is 0.190. The van der Waals surface area contributed by atoms with Crippen LogP contribution in [0.2, 0.25) is 0 Å². The van der Waals surface area contributed by atoms with Gasteiger partial charge in [0.25, 0.3) is 0 Å². The van der Waals surface area contributed by atoms with Crippen molar-refractivity contribution in [1.29, 1.82) is 0 Å². The molecule has 4 rings (SSSR count). The Hall–Kier alpha value is -3.06. The third-order valence-electron chi connectivity index (χ3n) is 4.21. The van der Waals surface area contributed by atoms with Gasteiger partial charge in [-0.25, -0.2) is 9.97 Å². The van der Waals surface area contributed by atoms with E-state index < -0.39 is 0 Å². The summed E-state index contributed by atoms with van der Waals surface area (Å²) >= 11 is 1.52. The van der Waals surface area contributed by atoms with Gasteiger partial charge in [0, 0.05) is 23.6 Å². The van der Waals surface area contributed by atoms with Gasteiger partial charge >= 0.3 is 0 Å². The molecule has 0 fully saturated rings. The molecule has 0 amide bonds. The molecule has 0 radical (unpaired) electrons. The number of thioether (sulfide) groups is 1. The maximum atomic E-state index is 5.51. The van der Waals surface area contributed by atoms with Crippen LogP contribution in [0.3, 0.4) is 0 Å². The second-order valence-electron chi connectivity index (χ2n) is 6.07. The number of nitrogens with one attached hydrogen (secondary N) is 1. The Bertz CT molecular complexity index is 1100. The highest BCUT2D eigenvalue weighted by molar-refractivity contribution is 7.98. The second kappa shape index (κ2) is 8.31. The average Bonchev–Trinajstić information content (AvgIpc) is 3.21. The molecule has 142 valence electrons. The van der Waals surface area contributed by atoms with Gasteiger partial charge in [-0.15, -0.1) is 0 Å². The summed E-state index contributed by atoms with van der Waals surface area (Å²) < 4.78 is 10.9. The largest absolute Gasteiger partial charge is 0.496 e. The van der Waals surface area contributed by atoms with Crippen LogP contribution >= 0.6 is 11.8 Å². The average molecular weight is 392 g/mol. The van der Waals surface area contributed by atoms with Gasteiger partial charge < -0.3 is 14.6 Å². The SMILES string of the molecule is CCNc1nc(SCc2cc(-c3ccccc3OC)no2)nc2ccccc12. The van der Waals surface area contributed by atoms with E-state index in [-0.39, 0.29) is 0 Å². The van der Waals surface area contributed by atoms with Crippen molar-refractivity contribution in [3.8, 4) is 17.0 Å². The molecule has 6 nitrogen and oxygen atoms in total. The maximum absolute atomic E-state index is 5.51. The molecule has 0 unspecified atom stereocenters. The Labute approximate surface area is 167 Å². The molecule has 0 aliphatic rings. The first-order valence-electron chi connectivity index (χ1n) is 9.01. The lowest BCUT2D eigenvalue weighted by molar-refractivity contribution is 0.395. The summed E-state index contributed by atoms with van der Waals surface area (Å²) in [6, 6.07) is 17.7. The zero-order chi connectivity index (χ0) is 19.3. The van der Waals surface area contributed by atoms with E-state index in [0.29, 0.717) is 10.9 Å². The summed E-state index contributed by atoms with van der Waals surface area (Å²) in [4.78, 5) is 9.31. The number of rotatable bonds is 7. The van der Waals surface area contributed by atoms with E-state index in [1.54, 1.807) is 7.11 Å². The van der Waals surface area contributed by atoms with E-state index in [0.717, 1.165) is 46.0 Å². The van der Waals surface area contributed by atoms with E-state index in [2.05, 4.69) is 27.4 Å². The molecule has 7 heteroatoms. The van der Waals surface area contributed by atoms with Gasteiger partial charge in [0.15, 0.2) is 5.16 Å². The summed E-state index contributed by atoms with van der Waals surface area (Å²) in [6.07, 6.45) is 0. The number of ether oxygens (including phenoxy) is 1. The van der Waals surface area contributed by atoms with Crippen LogP contribution in [-0.2, 0) is 5.75 Å². The first-order chi connectivity index (χ1) is 13.8. The van der Waals surface area contributed by atoms with Crippen LogP contribution in [0.25, 0.3) is 22.2 Å². The summed E-state index contributed by atoms with van der Waals surface area (Å²) in [6.45, 7) is 2.85. The van der Waals surface area contributed by atoms with Crippen LogP contribution in [0, 0.1) is 0 Å². The van der Waals surface area contributed by atoms with Crippen molar-refractivity contribution >= 4 is 28.5 Å².